The lowest BCUT2D eigenvalue weighted by Crippen LogP contribution is -2.26. The number of hydrogen-bond donors (Lipinski definition) is 0. The quantitative estimate of drug-likeness (QED) is 0.595. The maximum Gasteiger partial charge on any atom is 0.289 e. The number of halogens is 1. The van der Waals surface area contributed by atoms with Crippen LogP contribution < -0.4 is 14.2 Å². The second kappa shape index (κ2) is 8.19. The molecular formula is C19H20FNO4. The molecule has 0 saturated carbocycles. The van der Waals surface area contributed by atoms with Crippen LogP contribution in [0.3, 0.4) is 0 Å². The normalized spacial score (nSPS) is 11.0. The first-order valence-electron chi connectivity index (χ1n) is 7.53. The highest BCUT2D eigenvalue weighted by atomic mass is 19.1. The van der Waals surface area contributed by atoms with Gasteiger partial charge in [0, 0.05) is 25.7 Å². The Bertz CT molecular complexity index is 769. The van der Waals surface area contributed by atoms with Crippen molar-refractivity contribution in [3.63, 3.8) is 0 Å². The predicted octanol–water partition coefficient (Wildman–Crippen LogP) is 3.35. The molecule has 0 fully saturated rings. The highest BCUT2D eigenvalue weighted by molar-refractivity contribution is 5.96. The molecule has 25 heavy (non-hydrogen) atoms. The van der Waals surface area contributed by atoms with E-state index in [1.54, 1.807) is 45.5 Å². The third kappa shape index (κ3) is 4.73. The first-order chi connectivity index (χ1) is 11.9. The predicted molar refractivity (Wildman–Crippen MR) is 93.2 cm³/mol. The van der Waals surface area contributed by atoms with Gasteiger partial charge in [-0.15, -0.1) is 0 Å². The molecule has 1 amide bonds. The van der Waals surface area contributed by atoms with Crippen LogP contribution in [0.15, 0.2) is 48.2 Å². The van der Waals surface area contributed by atoms with Gasteiger partial charge in [0.2, 0.25) is 0 Å². The minimum atomic E-state index is -0.381. The van der Waals surface area contributed by atoms with E-state index in [9.17, 15) is 9.18 Å². The van der Waals surface area contributed by atoms with Crippen molar-refractivity contribution < 1.29 is 23.4 Å². The number of carbonyl (C=O) groups is 1. The highest BCUT2D eigenvalue weighted by Gasteiger charge is 2.16. The van der Waals surface area contributed by atoms with Crippen molar-refractivity contribution >= 4 is 12.0 Å². The van der Waals surface area contributed by atoms with E-state index < -0.39 is 0 Å². The summed E-state index contributed by atoms with van der Waals surface area (Å²) < 4.78 is 29.2. The molecule has 5 nitrogen and oxygen atoms in total. The van der Waals surface area contributed by atoms with E-state index in [1.165, 1.54) is 36.3 Å². The maximum absolute atomic E-state index is 13.1. The van der Waals surface area contributed by atoms with E-state index in [0.717, 1.165) is 0 Å². The van der Waals surface area contributed by atoms with Crippen LogP contribution in [0, 0.1) is 5.82 Å². The van der Waals surface area contributed by atoms with Gasteiger partial charge in [0.25, 0.3) is 5.91 Å². The molecule has 2 aromatic rings. The summed E-state index contributed by atoms with van der Waals surface area (Å²) in [6.45, 7) is 0. The van der Waals surface area contributed by atoms with Crippen LogP contribution in [0.5, 0.6) is 17.2 Å². The molecule has 0 spiro atoms. The van der Waals surface area contributed by atoms with Gasteiger partial charge in [-0.25, -0.2) is 4.39 Å². The molecule has 6 heteroatoms. The second-order valence-corrected chi connectivity index (χ2v) is 5.37. The van der Waals surface area contributed by atoms with Crippen molar-refractivity contribution in [1.82, 2.24) is 4.90 Å². The monoisotopic (exact) mass is 345 g/mol. The van der Waals surface area contributed by atoms with E-state index in [-0.39, 0.29) is 17.5 Å². The molecule has 0 aromatic heterocycles. The standard InChI is InChI=1S/C19H20FNO4/c1-21(2)19(22)18(25-15-9-6-14(20)7-10-15)11-13-5-8-16(23-3)12-17(13)24-4/h5-12H,1-4H3. The number of nitrogens with zero attached hydrogens (tertiary/aromatic N) is 1. The van der Waals surface area contributed by atoms with Gasteiger partial charge in [0.05, 0.1) is 14.2 Å². The van der Waals surface area contributed by atoms with Crippen LogP contribution in [-0.4, -0.2) is 39.1 Å². The summed E-state index contributed by atoms with van der Waals surface area (Å²) in [6.07, 6.45) is 1.57. The van der Waals surface area contributed by atoms with Gasteiger partial charge in [-0.3, -0.25) is 4.79 Å². The molecule has 0 aliphatic carbocycles. The molecule has 0 N–H and O–H groups in total. The van der Waals surface area contributed by atoms with Gasteiger partial charge >= 0.3 is 0 Å². The van der Waals surface area contributed by atoms with E-state index in [4.69, 9.17) is 14.2 Å². The maximum atomic E-state index is 13.1. The fourth-order valence-electron chi connectivity index (χ4n) is 2.06. The smallest absolute Gasteiger partial charge is 0.289 e. The van der Waals surface area contributed by atoms with Gasteiger partial charge < -0.3 is 19.1 Å². The molecular weight excluding hydrogens is 325 g/mol. The molecule has 2 aromatic carbocycles. The molecule has 0 unspecified atom stereocenters. The fourth-order valence-corrected chi connectivity index (χ4v) is 2.06. The third-order valence-corrected chi connectivity index (χ3v) is 3.39. The summed E-state index contributed by atoms with van der Waals surface area (Å²) >= 11 is 0. The summed E-state index contributed by atoms with van der Waals surface area (Å²) in [5, 5.41) is 0. The molecule has 0 aliphatic rings. The van der Waals surface area contributed by atoms with Crippen molar-refractivity contribution in [3.05, 3.63) is 59.6 Å². The average molecular weight is 345 g/mol. The number of carbonyl (C=O) groups excluding carboxylic acids is 1. The van der Waals surface area contributed by atoms with Crippen molar-refractivity contribution in [2.45, 2.75) is 0 Å². The largest absolute Gasteiger partial charge is 0.497 e. The van der Waals surface area contributed by atoms with Crippen molar-refractivity contribution in [2.24, 2.45) is 0 Å². The third-order valence-electron chi connectivity index (χ3n) is 3.39. The molecule has 0 aliphatic heterocycles. The van der Waals surface area contributed by atoms with E-state index in [1.807, 2.05) is 0 Å². The Morgan fingerprint density at radius 1 is 1.00 bits per heavy atom. The van der Waals surface area contributed by atoms with Crippen LogP contribution in [0.4, 0.5) is 4.39 Å². The number of amides is 1. The van der Waals surface area contributed by atoms with Gasteiger partial charge in [-0.2, -0.15) is 0 Å². The minimum Gasteiger partial charge on any atom is -0.497 e. The van der Waals surface area contributed by atoms with E-state index in [0.29, 0.717) is 22.8 Å². The van der Waals surface area contributed by atoms with Gasteiger partial charge in [0.15, 0.2) is 5.76 Å². The number of hydrogen-bond acceptors (Lipinski definition) is 4. The van der Waals surface area contributed by atoms with E-state index >= 15 is 0 Å². The lowest BCUT2D eigenvalue weighted by molar-refractivity contribution is -0.126. The molecule has 0 bridgehead atoms. The Hall–Kier alpha value is -3.02. The summed E-state index contributed by atoms with van der Waals surface area (Å²) in [4.78, 5) is 13.8. The second-order valence-electron chi connectivity index (χ2n) is 5.37. The van der Waals surface area contributed by atoms with Crippen LogP contribution in [-0.2, 0) is 4.79 Å². The van der Waals surface area contributed by atoms with Crippen molar-refractivity contribution in [2.75, 3.05) is 28.3 Å². The van der Waals surface area contributed by atoms with Gasteiger partial charge in [0.1, 0.15) is 23.1 Å². The summed E-state index contributed by atoms with van der Waals surface area (Å²) in [7, 11) is 6.33. The Labute approximate surface area is 146 Å². The lowest BCUT2D eigenvalue weighted by Gasteiger charge is -2.15. The highest BCUT2D eigenvalue weighted by Crippen LogP contribution is 2.27. The van der Waals surface area contributed by atoms with E-state index in [2.05, 4.69) is 0 Å². The number of methoxy groups -OCH3 is 2. The van der Waals surface area contributed by atoms with Gasteiger partial charge in [-0.05, 0) is 42.5 Å². The molecule has 0 saturated heterocycles. The summed E-state index contributed by atoms with van der Waals surface area (Å²) in [5.41, 5.74) is 0.649. The SMILES string of the molecule is COc1ccc(C=C(Oc2ccc(F)cc2)C(=O)N(C)C)c(OC)c1. The van der Waals surface area contributed by atoms with Crippen molar-refractivity contribution in [3.8, 4) is 17.2 Å². The number of ether oxygens (including phenoxy) is 3. The zero-order valence-corrected chi connectivity index (χ0v) is 14.6. The molecule has 0 heterocycles. The Morgan fingerprint density at radius 3 is 2.20 bits per heavy atom. The Balaban J connectivity index is 2.42. The molecule has 132 valence electrons. The molecule has 2 rings (SSSR count). The fraction of sp³-hybridized carbons (Fsp3) is 0.211. The molecule has 0 radical (unpaired) electrons. The first kappa shape index (κ1) is 18.3. The number of likely N-dealkylation sites (N-methyl/N-ethyl adjacent to an activating group) is 1. The first-order valence-corrected chi connectivity index (χ1v) is 7.53. The number of rotatable bonds is 6. The lowest BCUT2D eigenvalue weighted by atomic mass is 10.1. The summed E-state index contributed by atoms with van der Waals surface area (Å²) in [6, 6.07) is 10.7. The number of benzene rings is 2. The Morgan fingerprint density at radius 2 is 1.64 bits per heavy atom. The van der Waals surface area contributed by atoms with Gasteiger partial charge in [-0.1, -0.05) is 0 Å². The zero-order chi connectivity index (χ0) is 18.4. The zero-order valence-electron chi connectivity index (χ0n) is 14.6. The Kier molecular flexibility index (Phi) is 6.00. The topological polar surface area (TPSA) is 48.0 Å². The van der Waals surface area contributed by atoms with Crippen LogP contribution in [0.1, 0.15) is 5.56 Å². The average Bonchev–Trinajstić information content (AvgIpc) is 2.62. The van der Waals surface area contributed by atoms with Crippen LogP contribution in [0.25, 0.3) is 6.08 Å². The van der Waals surface area contributed by atoms with Crippen LogP contribution in [0.2, 0.25) is 0 Å². The molecule has 0 atom stereocenters. The minimum absolute atomic E-state index is 0.0834. The summed E-state index contributed by atoms with van der Waals surface area (Å²) in [5.74, 6) is 0.895. The van der Waals surface area contributed by atoms with Crippen LogP contribution >= 0.6 is 0 Å². The van der Waals surface area contributed by atoms with Crippen molar-refractivity contribution in [1.29, 1.82) is 0 Å².